The molecule has 1 saturated carbocycles. The molecule has 1 unspecified atom stereocenters. The van der Waals surface area contributed by atoms with E-state index < -0.39 is 0 Å². The number of ether oxygens (including phenoxy) is 1. The highest BCUT2D eigenvalue weighted by Crippen LogP contribution is 2.46. The van der Waals surface area contributed by atoms with Gasteiger partial charge < -0.3 is 9.84 Å². The van der Waals surface area contributed by atoms with E-state index in [4.69, 9.17) is 4.74 Å². The van der Waals surface area contributed by atoms with Gasteiger partial charge in [0.1, 0.15) is 0 Å². The molecule has 0 amide bonds. The summed E-state index contributed by atoms with van der Waals surface area (Å²) in [6, 6.07) is 0. The van der Waals surface area contributed by atoms with Crippen molar-refractivity contribution in [2.75, 3.05) is 6.61 Å². The van der Waals surface area contributed by atoms with Crippen LogP contribution in [0.3, 0.4) is 0 Å². The molecule has 0 aromatic rings. The quantitative estimate of drug-likeness (QED) is 0.669. The van der Waals surface area contributed by atoms with Crippen LogP contribution in [0.15, 0.2) is 0 Å². The van der Waals surface area contributed by atoms with Crippen molar-refractivity contribution in [3.63, 3.8) is 0 Å². The van der Waals surface area contributed by atoms with Crippen LogP contribution in [0.25, 0.3) is 0 Å². The SMILES string of the molecule is CC(C)(C)C1CCC2(CC1)OCCC2O. The maximum atomic E-state index is 9.97. The summed E-state index contributed by atoms with van der Waals surface area (Å²) < 4.78 is 5.80. The van der Waals surface area contributed by atoms with Gasteiger partial charge in [-0.1, -0.05) is 20.8 Å². The predicted octanol–water partition coefficient (Wildman–Crippen LogP) is 2.74. The van der Waals surface area contributed by atoms with Crippen LogP contribution in [0.5, 0.6) is 0 Å². The number of hydrogen-bond acceptors (Lipinski definition) is 2. The Hall–Kier alpha value is -0.0800. The monoisotopic (exact) mass is 212 g/mol. The summed E-state index contributed by atoms with van der Waals surface area (Å²) in [6.07, 6.45) is 5.14. The van der Waals surface area contributed by atoms with E-state index in [0.29, 0.717) is 5.41 Å². The predicted molar refractivity (Wildman–Crippen MR) is 60.7 cm³/mol. The van der Waals surface area contributed by atoms with E-state index in [2.05, 4.69) is 20.8 Å². The molecule has 1 spiro atoms. The summed E-state index contributed by atoms with van der Waals surface area (Å²) in [6.45, 7) is 7.71. The molecular formula is C13H24O2. The lowest BCUT2D eigenvalue weighted by molar-refractivity contribution is -0.0961. The molecule has 1 N–H and O–H groups in total. The van der Waals surface area contributed by atoms with E-state index in [1.54, 1.807) is 0 Å². The molecule has 1 aliphatic carbocycles. The lowest BCUT2D eigenvalue weighted by Crippen LogP contribution is -2.44. The van der Waals surface area contributed by atoms with Crippen molar-refractivity contribution in [1.29, 1.82) is 0 Å². The van der Waals surface area contributed by atoms with Gasteiger partial charge in [-0.05, 0) is 43.4 Å². The number of hydrogen-bond donors (Lipinski definition) is 1. The van der Waals surface area contributed by atoms with Crippen molar-refractivity contribution >= 4 is 0 Å². The minimum atomic E-state index is -0.210. The molecule has 2 heteroatoms. The second-order valence-corrected chi connectivity index (χ2v) is 6.36. The van der Waals surface area contributed by atoms with Gasteiger partial charge in [0.05, 0.1) is 18.3 Å². The molecule has 0 aromatic carbocycles. The van der Waals surface area contributed by atoms with Gasteiger partial charge in [0, 0.05) is 0 Å². The Bertz CT molecular complexity index is 221. The third-order valence-electron chi connectivity index (χ3n) is 4.44. The molecule has 2 rings (SSSR count). The van der Waals surface area contributed by atoms with Crippen LogP contribution >= 0.6 is 0 Å². The summed E-state index contributed by atoms with van der Waals surface area (Å²) in [5, 5.41) is 9.97. The van der Waals surface area contributed by atoms with Crippen LogP contribution in [0.2, 0.25) is 0 Å². The number of aliphatic hydroxyl groups excluding tert-OH is 1. The topological polar surface area (TPSA) is 29.5 Å². The first kappa shape index (κ1) is 11.4. The number of aliphatic hydroxyl groups is 1. The first-order valence-corrected chi connectivity index (χ1v) is 6.26. The van der Waals surface area contributed by atoms with Gasteiger partial charge in [0.2, 0.25) is 0 Å². The molecule has 88 valence electrons. The minimum absolute atomic E-state index is 0.165. The Morgan fingerprint density at radius 3 is 2.13 bits per heavy atom. The van der Waals surface area contributed by atoms with Crippen molar-refractivity contribution in [3.8, 4) is 0 Å². The van der Waals surface area contributed by atoms with Gasteiger partial charge in [-0.3, -0.25) is 0 Å². The highest BCUT2D eigenvalue weighted by atomic mass is 16.5. The Labute approximate surface area is 93.0 Å². The first-order chi connectivity index (χ1) is 6.94. The smallest absolute Gasteiger partial charge is 0.0941 e. The summed E-state index contributed by atoms with van der Waals surface area (Å²) in [7, 11) is 0. The Balaban J connectivity index is 1.97. The summed E-state index contributed by atoms with van der Waals surface area (Å²) in [5.74, 6) is 0.791. The molecule has 15 heavy (non-hydrogen) atoms. The van der Waals surface area contributed by atoms with E-state index in [1.807, 2.05) is 0 Å². The highest BCUT2D eigenvalue weighted by Gasteiger charge is 2.47. The Morgan fingerprint density at radius 2 is 1.73 bits per heavy atom. The third kappa shape index (κ3) is 2.07. The Kier molecular flexibility index (Phi) is 2.85. The third-order valence-corrected chi connectivity index (χ3v) is 4.44. The van der Waals surface area contributed by atoms with Crippen molar-refractivity contribution in [1.82, 2.24) is 0 Å². The zero-order chi connectivity index (χ0) is 11.1. The maximum Gasteiger partial charge on any atom is 0.0941 e. The van der Waals surface area contributed by atoms with Crippen LogP contribution < -0.4 is 0 Å². The molecule has 0 aromatic heterocycles. The zero-order valence-electron chi connectivity index (χ0n) is 10.3. The van der Waals surface area contributed by atoms with Crippen LogP contribution in [-0.2, 0) is 4.74 Å². The molecule has 1 heterocycles. The fourth-order valence-electron chi connectivity index (χ4n) is 3.18. The molecular weight excluding hydrogens is 188 g/mol. The van der Waals surface area contributed by atoms with Crippen LogP contribution in [0, 0.1) is 11.3 Å². The normalized spacial score (nSPS) is 42.4. The second kappa shape index (κ2) is 3.74. The van der Waals surface area contributed by atoms with Gasteiger partial charge in [-0.2, -0.15) is 0 Å². The standard InChI is InChI=1S/C13H24O2/c1-12(2,3)10-4-7-13(8-5-10)11(14)6-9-15-13/h10-11,14H,4-9H2,1-3H3. The molecule has 2 nitrogen and oxygen atoms in total. The van der Waals surface area contributed by atoms with Gasteiger partial charge in [-0.15, -0.1) is 0 Å². The van der Waals surface area contributed by atoms with E-state index in [9.17, 15) is 5.11 Å². The maximum absolute atomic E-state index is 9.97. The second-order valence-electron chi connectivity index (χ2n) is 6.36. The fraction of sp³-hybridized carbons (Fsp3) is 1.00. The summed E-state index contributed by atoms with van der Waals surface area (Å²) >= 11 is 0. The molecule has 1 aliphatic heterocycles. The van der Waals surface area contributed by atoms with Crippen LogP contribution in [0.4, 0.5) is 0 Å². The molecule has 0 bridgehead atoms. The first-order valence-electron chi connectivity index (χ1n) is 6.26. The van der Waals surface area contributed by atoms with Crippen LogP contribution in [-0.4, -0.2) is 23.4 Å². The van der Waals surface area contributed by atoms with Gasteiger partial charge in [0.15, 0.2) is 0 Å². The lowest BCUT2D eigenvalue weighted by atomic mass is 9.67. The van der Waals surface area contributed by atoms with Gasteiger partial charge >= 0.3 is 0 Å². The summed E-state index contributed by atoms with van der Waals surface area (Å²) in [4.78, 5) is 0. The highest BCUT2D eigenvalue weighted by molar-refractivity contribution is 4.97. The lowest BCUT2D eigenvalue weighted by Gasteiger charge is -2.43. The van der Waals surface area contributed by atoms with Gasteiger partial charge in [0.25, 0.3) is 0 Å². The number of rotatable bonds is 0. The molecule has 1 saturated heterocycles. The molecule has 1 atom stereocenters. The average Bonchev–Trinajstić information content (AvgIpc) is 2.48. The fourth-order valence-corrected chi connectivity index (χ4v) is 3.18. The average molecular weight is 212 g/mol. The van der Waals surface area contributed by atoms with Gasteiger partial charge in [-0.25, -0.2) is 0 Å². The minimum Gasteiger partial charge on any atom is -0.390 e. The van der Waals surface area contributed by atoms with E-state index in [0.717, 1.165) is 31.8 Å². The van der Waals surface area contributed by atoms with Crippen molar-refractivity contribution < 1.29 is 9.84 Å². The molecule has 0 radical (unpaired) electrons. The van der Waals surface area contributed by atoms with E-state index in [-0.39, 0.29) is 11.7 Å². The van der Waals surface area contributed by atoms with E-state index >= 15 is 0 Å². The summed E-state index contributed by atoms with van der Waals surface area (Å²) in [5.41, 5.74) is 0.243. The molecule has 2 aliphatic rings. The zero-order valence-corrected chi connectivity index (χ0v) is 10.3. The largest absolute Gasteiger partial charge is 0.390 e. The van der Waals surface area contributed by atoms with Crippen molar-refractivity contribution in [2.24, 2.45) is 11.3 Å². The van der Waals surface area contributed by atoms with E-state index in [1.165, 1.54) is 12.8 Å². The van der Waals surface area contributed by atoms with Crippen molar-refractivity contribution in [2.45, 2.75) is 64.6 Å². The van der Waals surface area contributed by atoms with Crippen molar-refractivity contribution in [3.05, 3.63) is 0 Å². The molecule has 2 fully saturated rings. The van der Waals surface area contributed by atoms with Crippen LogP contribution in [0.1, 0.15) is 52.9 Å². The Morgan fingerprint density at radius 1 is 1.13 bits per heavy atom.